The molecule has 0 radical (unpaired) electrons. The quantitative estimate of drug-likeness (QED) is 0.704. The van der Waals surface area contributed by atoms with Crippen molar-refractivity contribution >= 4 is 5.97 Å². The van der Waals surface area contributed by atoms with Gasteiger partial charge in [0.25, 0.3) is 0 Å². The minimum atomic E-state index is -0.0876. The molecule has 2 fully saturated rings. The van der Waals surface area contributed by atoms with Gasteiger partial charge in [-0.15, -0.1) is 0 Å². The van der Waals surface area contributed by atoms with Crippen molar-refractivity contribution in [1.82, 2.24) is 10.2 Å². The van der Waals surface area contributed by atoms with Crippen molar-refractivity contribution < 1.29 is 9.53 Å². The van der Waals surface area contributed by atoms with Crippen LogP contribution >= 0.6 is 0 Å². The Hall–Kier alpha value is -0.610. The number of piperidine rings is 1. The second-order valence-electron chi connectivity index (χ2n) is 5.23. The molecule has 0 amide bonds. The molecule has 0 aromatic carbocycles. The molecule has 1 N–H and O–H groups in total. The van der Waals surface area contributed by atoms with E-state index in [9.17, 15) is 4.79 Å². The predicted molar refractivity (Wildman–Crippen MR) is 66.8 cm³/mol. The van der Waals surface area contributed by atoms with E-state index in [-0.39, 0.29) is 5.97 Å². The Morgan fingerprint density at radius 1 is 1.41 bits per heavy atom. The van der Waals surface area contributed by atoms with Gasteiger partial charge in [-0.2, -0.15) is 0 Å². The lowest BCUT2D eigenvalue weighted by Crippen LogP contribution is -2.47. The second kappa shape index (κ2) is 6.36. The summed E-state index contributed by atoms with van der Waals surface area (Å²) in [5.41, 5.74) is 0. The number of carbonyl (C=O) groups is 1. The molecule has 1 unspecified atom stereocenters. The Kier molecular flexibility index (Phi) is 4.80. The molecule has 1 aliphatic carbocycles. The summed E-state index contributed by atoms with van der Waals surface area (Å²) in [6, 6.07) is 0.568. The largest absolute Gasteiger partial charge is 0.465 e. The van der Waals surface area contributed by atoms with Gasteiger partial charge >= 0.3 is 5.97 Å². The fourth-order valence-corrected chi connectivity index (χ4v) is 2.41. The number of nitrogens with zero attached hydrogens (tertiary/aromatic N) is 1. The van der Waals surface area contributed by atoms with Crippen molar-refractivity contribution in [1.29, 1.82) is 0 Å². The van der Waals surface area contributed by atoms with Gasteiger partial charge in [0.05, 0.1) is 13.2 Å². The van der Waals surface area contributed by atoms with Crippen LogP contribution in [0.5, 0.6) is 0 Å². The average molecular weight is 240 g/mol. The molecular weight excluding hydrogens is 216 g/mol. The third-order valence-electron chi connectivity index (χ3n) is 3.56. The van der Waals surface area contributed by atoms with Crippen LogP contribution < -0.4 is 5.32 Å². The van der Waals surface area contributed by atoms with Crippen LogP contribution in [-0.2, 0) is 9.53 Å². The minimum Gasteiger partial charge on any atom is -0.465 e. The van der Waals surface area contributed by atoms with Crippen LogP contribution in [-0.4, -0.2) is 49.7 Å². The van der Waals surface area contributed by atoms with Gasteiger partial charge in [0.15, 0.2) is 0 Å². The zero-order valence-electron chi connectivity index (χ0n) is 10.8. The lowest BCUT2D eigenvalue weighted by Gasteiger charge is -2.32. The van der Waals surface area contributed by atoms with Gasteiger partial charge in [0.2, 0.25) is 0 Å². The van der Waals surface area contributed by atoms with E-state index in [0.717, 1.165) is 25.6 Å². The van der Waals surface area contributed by atoms with Crippen LogP contribution in [0.3, 0.4) is 0 Å². The molecule has 1 saturated carbocycles. The van der Waals surface area contributed by atoms with Crippen LogP contribution in [0.4, 0.5) is 0 Å². The summed E-state index contributed by atoms with van der Waals surface area (Å²) in [5.74, 6) is 0.839. The summed E-state index contributed by atoms with van der Waals surface area (Å²) in [7, 11) is 0. The molecule has 1 saturated heterocycles. The number of likely N-dealkylation sites (tertiary alicyclic amines) is 1. The summed E-state index contributed by atoms with van der Waals surface area (Å²) in [4.78, 5) is 13.6. The van der Waals surface area contributed by atoms with Gasteiger partial charge in [0.1, 0.15) is 0 Å². The van der Waals surface area contributed by atoms with Crippen LogP contribution in [0, 0.1) is 5.92 Å². The van der Waals surface area contributed by atoms with Crippen molar-refractivity contribution in [2.75, 3.05) is 32.8 Å². The fraction of sp³-hybridized carbons (Fsp3) is 0.923. The Bertz CT molecular complexity index is 254. The van der Waals surface area contributed by atoms with Gasteiger partial charge in [0, 0.05) is 12.6 Å². The number of hydrogen-bond donors (Lipinski definition) is 1. The maximum absolute atomic E-state index is 11.4. The topological polar surface area (TPSA) is 41.6 Å². The standard InChI is InChI=1S/C13H24N2O2/c1-2-17-13(16)10-15-7-3-4-12(9-15)14-8-11-5-6-11/h11-12,14H,2-10H2,1H3. The van der Waals surface area contributed by atoms with Crippen molar-refractivity contribution in [2.24, 2.45) is 5.92 Å². The molecule has 1 atom stereocenters. The third-order valence-corrected chi connectivity index (χ3v) is 3.56. The molecule has 1 heterocycles. The lowest BCUT2D eigenvalue weighted by molar-refractivity contribution is -0.144. The second-order valence-corrected chi connectivity index (χ2v) is 5.23. The number of nitrogens with one attached hydrogen (secondary N) is 1. The number of rotatable bonds is 6. The summed E-state index contributed by atoms with van der Waals surface area (Å²) in [6.07, 6.45) is 5.21. The third kappa shape index (κ3) is 4.64. The van der Waals surface area contributed by atoms with E-state index in [1.807, 2.05) is 6.92 Å². The summed E-state index contributed by atoms with van der Waals surface area (Å²) in [6.45, 7) is 5.98. The molecule has 4 nitrogen and oxygen atoms in total. The average Bonchev–Trinajstić information content (AvgIpc) is 3.11. The van der Waals surface area contributed by atoms with Gasteiger partial charge in [-0.05, 0) is 51.6 Å². The highest BCUT2D eigenvalue weighted by Gasteiger charge is 2.25. The Labute approximate surface area is 104 Å². The molecule has 0 bridgehead atoms. The zero-order chi connectivity index (χ0) is 12.1. The van der Waals surface area contributed by atoms with E-state index < -0.39 is 0 Å². The first kappa shape index (κ1) is 12.8. The van der Waals surface area contributed by atoms with Gasteiger partial charge in [-0.25, -0.2) is 0 Å². The first-order valence-corrected chi connectivity index (χ1v) is 6.89. The van der Waals surface area contributed by atoms with Crippen molar-refractivity contribution in [3.05, 3.63) is 0 Å². The smallest absolute Gasteiger partial charge is 0.320 e. The van der Waals surface area contributed by atoms with Gasteiger partial charge in [-0.3, -0.25) is 9.69 Å². The summed E-state index contributed by atoms with van der Waals surface area (Å²) in [5, 5.41) is 3.62. The molecule has 4 heteroatoms. The highest BCUT2D eigenvalue weighted by molar-refractivity contribution is 5.71. The number of esters is 1. The van der Waals surface area contributed by atoms with E-state index in [1.165, 1.54) is 25.7 Å². The first-order valence-electron chi connectivity index (χ1n) is 6.89. The molecule has 1 aliphatic heterocycles. The molecule has 0 spiro atoms. The molecular formula is C13H24N2O2. The van der Waals surface area contributed by atoms with Crippen LogP contribution in [0.25, 0.3) is 0 Å². The summed E-state index contributed by atoms with van der Waals surface area (Å²) >= 11 is 0. The Morgan fingerprint density at radius 2 is 2.24 bits per heavy atom. The van der Waals surface area contributed by atoms with Crippen LogP contribution in [0.15, 0.2) is 0 Å². The molecule has 2 rings (SSSR count). The van der Waals surface area contributed by atoms with Crippen molar-refractivity contribution in [2.45, 2.75) is 38.6 Å². The van der Waals surface area contributed by atoms with Crippen molar-refractivity contribution in [3.63, 3.8) is 0 Å². The van der Waals surface area contributed by atoms with Gasteiger partial charge < -0.3 is 10.1 Å². The lowest BCUT2D eigenvalue weighted by atomic mass is 10.1. The van der Waals surface area contributed by atoms with E-state index in [1.54, 1.807) is 0 Å². The molecule has 0 aromatic heterocycles. The summed E-state index contributed by atoms with van der Waals surface area (Å²) < 4.78 is 4.99. The monoisotopic (exact) mass is 240 g/mol. The van der Waals surface area contributed by atoms with Crippen LogP contribution in [0.1, 0.15) is 32.6 Å². The maximum Gasteiger partial charge on any atom is 0.320 e. The zero-order valence-corrected chi connectivity index (χ0v) is 10.8. The van der Waals surface area contributed by atoms with Crippen LogP contribution in [0.2, 0.25) is 0 Å². The van der Waals surface area contributed by atoms with E-state index in [0.29, 0.717) is 19.2 Å². The predicted octanol–water partition coefficient (Wildman–Crippen LogP) is 1.01. The fourth-order valence-electron chi connectivity index (χ4n) is 2.41. The minimum absolute atomic E-state index is 0.0876. The normalized spacial score (nSPS) is 25.8. The Morgan fingerprint density at radius 3 is 2.94 bits per heavy atom. The molecule has 0 aromatic rings. The number of ether oxygens (including phenoxy) is 1. The first-order chi connectivity index (χ1) is 8.28. The molecule has 17 heavy (non-hydrogen) atoms. The van der Waals surface area contributed by atoms with E-state index in [4.69, 9.17) is 4.74 Å². The highest BCUT2D eigenvalue weighted by Crippen LogP contribution is 2.28. The number of carbonyl (C=O) groups excluding carboxylic acids is 1. The van der Waals surface area contributed by atoms with E-state index >= 15 is 0 Å². The van der Waals surface area contributed by atoms with Crippen molar-refractivity contribution in [3.8, 4) is 0 Å². The maximum atomic E-state index is 11.4. The molecule has 98 valence electrons. The highest BCUT2D eigenvalue weighted by atomic mass is 16.5. The van der Waals surface area contributed by atoms with Gasteiger partial charge in [-0.1, -0.05) is 0 Å². The Balaban J connectivity index is 1.66. The molecule has 2 aliphatic rings. The van der Waals surface area contributed by atoms with E-state index in [2.05, 4.69) is 10.2 Å². The SMILES string of the molecule is CCOC(=O)CN1CCCC(NCC2CC2)C1. The number of hydrogen-bond acceptors (Lipinski definition) is 4.